The highest BCUT2D eigenvalue weighted by Crippen LogP contribution is 2.28. The predicted octanol–water partition coefficient (Wildman–Crippen LogP) is 1.27. The van der Waals surface area contributed by atoms with Crippen LogP contribution in [0.15, 0.2) is 18.2 Å². The Kier molecular flexibility index (Phi) is 1.92. The van der Waals surface area contributed by atoms with Crippen molar-refractivity contribution >= 4 is 22.8 Å². The molecule has 3 rings (SSSR count). The van der Waals surface area contributed by atoms with Crippen molar-refractivity contribution in [3.63, 3.8) is 0 Å². The Morgan fingerprint density at radius 2 is 2.24 bits per heavy atom. The van der Waals surface area contributed by atoms with Crippen LogP contribution in [0.1, 0.15) is 23.5 Å². The van der Waals surface area contributed by atoms with Gasteiger partial charge in [0.25, 0.3) is 5.91 Å². The number of carbonyl (C=O) groups excluding carboxylic acids is 1. The number of amides is 1. The summed E-state index contributed by atoms with van der Waals surface area (Å²) in [6, 6.07) is 5.77. The highest BCUT2D eigenvalue weighted by molar-refractivity contribution is 5.99. The molecule has 0 radical (unpaired) electrons. The maximum absolute atomic E-state index is 12.1. The Balaban J connectivity index is 2.34. The van der Waals surface area contributed by atoms with E-state index in [-0.39, 0.29) is 11.9 Å². The van der Waals surface area contributed by atoms with Crippen molar-refractivity contribution in [3.05, 3.63) is 23.9 Å². The predicted molar refractivity (Wildman–Crippen MR) is 65.8 cm³/mol. The van der Waals surface area contributed by atoms with Crippen molar-refractivity contribution in [2.75, 3.05) is 19.3 Å². The van der Waals surface area contributed by atoms with Crippen molar-refractivity contribution in [3.8, 4) is 0 Å². The van der Waals surface area contributed by atoms with E-state index in [0.717, 1.165) is 11.0 Å². The molecule has 1 amide bonds. The van der Waals surface area contributed by atoms with E-state index in [0.29, 0.717) is 18.1 Å². The van der Waals surface area contributed by atoms with E-state index in [1.54, 1.807) is 11.0 Å². The number of nitrogen functional groups attached to an aromatic ring is 1. The Hall–Kier alpha value is -2.04. The van der Waals surface area contributed by atoms with Crippen LogP contribution in [0.2, 0.25) is 0 Å². The SMILES string of the molecule is C[C@@H]1CN(C)C(=O)c2cc3ccc(N)nc3n21. The molecule has 17 heavy (non-hydrogen) atoms. The fourth-order valence-corrected chi connectivity index (χ4v) is 2.48. The number of pyridine rings is 1. The fraction of sp³-hybridized carbons (Fsp3) is 0.333. The third-order valence-corrected chi connectivity index (χ3v) is 3.25. The molecule has 2 aromatic rings. The first-order valence-corrected chi connectivity index (χ1v) is 5.61. The fourth-order valence-electron chi connectivity index (χ4n) is 2.48. The summed E-state index contributed by atoms with van der Waals surface area (Å²) < 4.78 is 1.98. The van der Waals surface area contributed by atoms with Gasteiger partial charge in [-0.3, -0.25) is 4.79 Å². The average Bonchev–Trinajstić information content (AvgIpc) is 2.65. The Labute approximate surface area is 98.8 Å². The minimum absolute atomic E-state index is 0.0414. The lowest BCUT2D eigenvalue weighted by atomic mass is 10.2. The maximum Gasteiger partial charge on any atom is 0.270 e. The van der Waals surface area contributed by atoms with Gasteiger partial charge in [-0.25, -0.2) is 4.98 Å². The standard InChI is InChI=1S/C12H14N4O/c1-7-6-15(2)12(17)9-5-8-3-4-10(13)14-11(8)16(7)9/h3-5,7H,6H2,1-2H3,(H2,13,14)/t7-/m1/s1. The number of nitrogens with zero attached hydrogens (tertiary/aromatic N) is 3. The molecular weight excluding hydrogens is 216 g/mol. The molecular formula is C12H14N4O. The van der Waals surface area contributed by atoms with Crippen LogP contribution in [0.5, 0.6) is 0 Å². The van der Waals surface area contributed by atoms with Crippen LogP contribution in [0, 0.1) is 0 Å². The van der Waals surface area contributed by atoms with Crippen LogP contribution in [0.25, 0.3) is 11.0 Å². The second-order valence-electron chi connectivity index (χ2n) is 4.58. The Morgan fingerprint density at radius 1 is 1.47 bits per heavy atom. The normalized spacial score (nSPS) is 19.8. The zero-order chi connectivity index (χ0) is 12.2. The smallest absolute Gasteiger partial charge is 0.270 e. The van der Waals surface area contributed by atoms with Gasteiger partial charge in [0.05, 0.1) is 6.04 Å². The number of rotatable bonds is 0. The summed E-state index contributed by atoms with van der Waals surface area (Å²) in [6.45, 7) is 2.78. The van der Waals surface area contributed by atoms with E-state index in [1.165, 1.54) is 0 Å². The monoisotopic (exact) mass is 230 g/mol. The highest BCUT2D eigenvalue weighted by Gasteiger charge is 2.28. The molecule has 0 bridgehead atoms. The number of hydrogen-bond acceptors (Lipinski definition) is 3. The Bertz CT molecular complexity index is 616. The molecule has 0 saturated heterocycles. The van der Waals surface area contributed by atoms with E-state index < -0.39 is 0 Å². The second kappa shape index (κ2) is 3.23. The quantitative estimate of drug-likeness (QED) is 0.741. The zero-order valence-corrected chi connectivity index (χ0v) is 9.84. The summed E-state index contributed by atoms with van der Waals surface area (Å²) in [4.78, 5) is 18.1. The lowest BCUT2D eigenvalue weighted by Crippen LogP contribution is -2.39. The molecule has 0 saturated carbocycles. The molecule has 2 N–H and O–H groups in total. The van der Waals surface area contributed by atoms with E-state index in [4.69, 9.17) is 5.73 Å². The van der Waals surface area contributed by atoms with E-state index in [9.17, 15) is 4.79 Å². The van der Waals surface area contributed by atoms with Gasteiger partial charge in [0, 0.05) is 19.0 Å². The minimum atomic E-state index is 0.0414. The number of nitrogens with two attached hydrogens (primary N) is 1. The molecule has 1 aliphatic heterocycles. The molecule has 0 spiro atoms. The van der Waals surface area contributed by atoms with Gasteiger partial charge in [0.15, 0.2) is 0 Å². The van der Waals surface area contributed by atoms with Gasteiger partial charge in [-0.05, 0) is 25.1 Å². The van der Waals surface area contributed by atoms with Gasteiger partial charge in [0.1, 0.15) is 17.2 Å². The van der Waals surface area contributed by atoms with Crippen molar-refractivity contribution in [1.82, 2.24) is 14.5 Å². The van der Waals surface area contributed by atoms with Crippen LogP contribution in [-0.2, 0) is 0 Å². The number of aromatic nitrogens is 2. The van der Waals surface area contributed by atoms with Gasteiger partial charge in [-0.15, -0.1) is 0 Å². The van der Waals surface area contributed by atoms with E-state index >= 15 is 0 Å². The summed E-state index contributed by atoms with van der Waals surface area (Å²) >= 11 is 0. The molecule has 5 heteroatoms. The van der Waals surface area contributed by atoms with E-state index in [1.807, 2.05) is 23.7 Å². The Morgan fingerprint density at radius 3 is 3.00 bits per heavy atom. The minimum Gasteiger partial charge on any atom is -0.384 e. The van der Waals surface area contributed by atoms with Crippen molar-refractivity contribution in [2.45, 2.75) is 13.0 Å². The number of likely N-dealkylation sites (N-methyl/N-ethyl adjacent to an activating group) is 1. The van der Waals surface area contributed by atoms with E-state index in [2.05, 4.69) is 11.9 Å². The molecule has 88 valence electrons. The van der Waals surface area contributed by atoms with Gasteiger partial charge < -0.3 is 15.2 Å². The molecule has 1 atom stereocenters. The first-order valence-electron chi connectivity index (χ1n) is 5.61. The summed E-state index contributed by atoms with van der Waals surface area (Å²) in [6.07, 6.45) is 0. The summed E-state index contributed by atoms with van der Waals surface area (Å²) in [5.74, 6) is 0.525. The number of hydrogen-bond donors (Lipinski definition) is 1. The summed E-state index contributed by atoms with van der Waals surface area (Å²) in [7, 11) is 1.82. The van der Waals surface area contributed by atoms with Crippen LogP contribution in [0.4, 0.5) is 5.82 Å². The number of fused-ring (bicyclic) bond motifs is 3. The average molecular weight is 230 g/mol. The molecule has 0 aliphatic carbocycles. The summed E-state index contributed by atoms with van der Waals surface area (Å²) in [5.41, 5.74) is 7.20. The van der Waals surface area contributed by atoms with Gasteiger partial charge in [-0.2, -0.15) is 0 Å². The molecule has 0 aromatic carbocycles. The van der Waals surface area contributed by atoms with Crippen molar-refractivity contribution in [1.29, 1.82) is 0 Å². The maximum atomic E-state index is 12.1. The van der Waals surface area contributed by atoms with Crippen LogP contribution < -0.4 is 5.73 Å². The number of carbonyl (C=O) groups is 1. The molecule has 3 heterocycles. The first-order chi connectivity index (χ1) is 8.08. The zero-order valence-electron chi connectivity index (χ0n) is 9.84. The van der Waals surface area contributed by atoms with Crippen molar-refractivity contribution < 1.29 is 4.79 Å². The molecule has 5 nitrogen and oxygen atoms in total. The van der Waals surface area contributed by atoms with Gasteiger partial charge in [-0.1, -0.05) is 0 Å². The molecule has 0 unspecified atom stereocenters. The lowest BCUT2D eigenvalue weighted by molar-refractivity contribution is 0.0727. The topological polar surface area (TPSA) is 64.2 Å². The van der Waals surface area contributed by atoms with Gasteiger partial charge in [0.2, 0.25) is 0 Å². The van der Waals surface area contributed by atoms with Crippen LogP contribution in [-0.4, -0.2) is 34.0 Å². The van der Waals surface area contributed by atoms with Crippen molar-refractivity contribution in [2.24, 2.45) is 0 Å². The van der Waals surface area contributed by atoms with Gasteiger partial charge >= 0.3 is 0 Å². The molecule has 2 aromatic heterocycles. The second-order valence-corrected chi connectivity index (χ2v) is 4.58. The third kappa shape index (κ3) is 1.32. The molecule has 0 fully saturated rings. The third-order valence-electron chi connectivity index (χ3n) is 3.25. The summed E-state index contributed by atoms with van der Waals surface area (Å²) in [5, 5.41) is 0.963. The van der Waals surface area contributed by atoms with Crippen LogP contribution in [0.3, 0.4) is 0 Å². The molecule has 1 aliphatic rings. The highest BCUT2D eigenvalue weighted by atomic mass is 16.2. The number of anilines is 1. The van der Waals surface area contributed by atoms with Crippen LogP contribution >= 0.6 is 0 Å². The first kappa shape index (κ1) is 10.1. The lowest BCUT2D eigenvalue weighted by Gasteiger charge is -2.30. The largest absolute Gasteiger partial charge is 0.384 e.